The highest BCUT2D eigenvalue weighted by Gasteiger charge is 2.30. The predicted octanol–water partition coefficient (Wildman–Crippen LogP) is 2.93. The zero-order valence-electron chi connectivity index (χ0n) is 21.0. The molecular weight excluding hydrogens is 503 g/mol. The summed E-state index contributed by atoms with van der Waals surface area (Å²) in [5.74, 6) is -0.442. The van der Waals surface area contributed by atoms with Crippen LogP contribution in [0.15, 0.2) is 48.8 Å². The van der Waals surface area contributed by atoms with Crippen LogP contribution in [-0.4, -0.2) is 50.0 Å². The molecule has 0 spiro atoms. The van der Waals surface area contributed by atoms with Crippen molar-refractivity contribution in [3.05, 3.63) is 65.5 Å². The van der Waals surface area contributed by atoms with Crippen LogP contribution >= 0.6 is 7.82 Å². The number of carbonyl (C=O) groups is 1. The monoisotopic (exact) mass is 536 g/mol. The number of carbonyl (C=O) groups excluding carboxylic acids is 1. The third-order valence-electron chi connectivity index (χ3n) is 5.64. The van der Waals surface area contributed by atoms with E-state index < -0.39 is 7.82 Å². The van der Waals surface area contributed by atoms with Crippen LogP contribution in [0.2, 0.25) is 0 Å². The van der Waals surface area contributed by atoms with Crippen molar-refractivity contribution in [2.45, 2.75) is 52.2 Å². The first-order valence-corrected chi connectivity index (χ1v) is 13.3. The van der Waals surface area contributed by atoms with Gasteiger partial charge in [-0.2, -0.15) is 5.10 Å². The summed E-state index contributed by atoms with van der Waals surface area (Å²) in [4.78, 5) is 21.7. The van der Waals surface area contributed by atoms with Gasteiger partial charge >= 0.3 is 13.8 Å². The summed E-state index contributed by atoms with van der Waals surface area (Å²) in [5, 5.41) is 19.8. The lowest BCUT2D eigenvalue weighted by Gasteiger charge is -2.16. The molecule has 2 aromatic heterocycles. The molecule has 1 aliphatic rings. The number of aliphatic hydroxyl groups is 1. The summed E-state index contributed by atoms with van der Waals surface area (Å²) < 4.78 is 36.6. The van der Waals surface area contributed by atoms with E-state index >= 15 is 0 Å². The predicted molar refractivity (Wildman–Crippen MR) is 132 cm³/mol. The molecule has 3 unspecified atom stereocenters. The third kappa shape index (κ3) is 7.57. The molecular formula is C24H33N4O8P. The second-order valence-corrected chi connectivity index (χ2v) is 10.1. The summed E-state index contributed by atoms with van der Waals surface area (Å²) in [6.07, 6.45) is 2.39. The van der Waals surface area contributed by atoms with Gasteiger partial charge < -0.3 is 19.5 Å². The van der Waals surface area contributed by atoms with Crippen molar-refractivity contribution < 1.29 is 37.9 Å². The maximum absolute atomic E-state index is 12.2. The van der Waals surface area contributed by atoms with Gasteiger partial charge in [-0.1, -0.05) is 44.2 Å². The van der Waals surface area contributed by atoms with Crippen LogP contribution < -0.4 is 5.49 Å². The van der Waals surface area contributed by atoms with Gasteiger partial charge in [-0.15, -0.1) is 0 Å². The Labute approximate surface area is 214 Å². The van der Waals surface area contributed by atoms with Crippen LogP contribution in [0.4, 0.5) is 0 Å². The Morgan fingerprint density at radius 1 is 1.19 bits per heavy atom. The first kappa shape index (κ1) is 28.7. The Hall–Kier alpha value is -2.86. The fraction of sp³-hybridized carbons (Fsp3) is 0.458. The zero-order chi connectivity index (χ0) is 27.0. The van der Waals surface area contributed by atoms with Crippen molar-refractivity contribution >= 4 is 19.3 Å². The number of aliphatic hydroxyl groups excluding tert-OH is 1. The van der Waals surface area contributed by atoms with Crippen molar-refractivity contribution in [3.63, 3.8) is 0 Å². The molecule has 0 amide bonds. The van der Waals surface area contributed by atoms with Gasteiger partial charge in [-0.3, -0.25) is 23.8 Å². The maximum Gasteiger partial charge on any atom is 0.474 e. The van der Waals surface area contributed by atoms with Crippen molar-refractivity contribution in [3.8, 4) is 0 Å². The first-order valence-electron chi connectivity index (χ1n) is 11.8. The van der Waals surface area contributed by atoms with E-state index in [9.17, 15) is 14.3 Å². The molecule has 3 aromatic rings. The molecule has 0 radical (unpaired) electrons. The molecule has 1 saturated heterocycles. The van der Waals surface area contributed by atoms with Crippen molar-refractivity contribution in [1.82, 2.24) is 14.2 Å². The molecule has 1 aromatic carbocycles. The lowest BCUT2D eigenvalue weighted by Crippen LogP contribution is -2.25. The number of fused-ring (bicyclic) bond motifs is 1. The van der Waals surface area contributed by atoms with Crippen LogP contribution in [0.25, 0.3) is 5.52 Å². The molecule has 1 aliphatic heterocycles. The Morgan fingerprint density at radius 3 is 2.62 bits per heavy atom. The van der Waals surface area contributed by atoms with Crippen molar-refractivity contribution in [2.24, 2.45) is 5.92 Å². The van der Waals surface area contributed by atoms with Crippen LogP contribution in [0, 0.1) is 11.3 Å². The molecule has 4 rings (SSSR count). The SMILES string of the molecule is CC(C)C(=O)OCC1CCC(c2ccc3c(=N)n(COP(=O)(O)OCc4ccccc4)cnn23)O1.CO. The number of rotatable bonds is 10. The summed E-state index contributed by atoms with van der Waals surface area (Å²) in [6.45, 7) is 3.32. The molecule has 0 saturated carbocycles. The number of hydrogen-bond acceptors (Lipinski definition) is 9. The van der Waals surface area contributed by atoms with E-state index in [1.165, 1.54) is 10.9 Å². The normalized spacial score (nSPS) is 18.9. The summed E-state index contributed by atoms with van der Waals surface area (Å²) in [7, 11) is -3.34. The first-order chi connectivity index (χ1) is 17.7. The number of phosphoric acid groups is 1. The number of nitrogens with zero attached hydrogens (tertiary/aromatic N) is 3. The van der Waals surface area contributed by atoms with E-state index in [4.69, 9.17) is 29.0 Å². The highest BCUT2D eigenvalue weighted by Crippen LogP contribution is 2.44. The average molecular weight is 537 g/mol. The number of phosphoric ester groups is 1. The Kier molecular flexibility index (Phi) is 10.2. The van der Waals surface area contributed by atoms with Gasteiger partial charge in [-0.05, 0) is 30.5 Å². The minimum absolute atomic E-state index is 0.0507. The topological polar surface area (TPSA) is 158 Å². The van der Waals surface area contributed by atoms with Gasteiger partial charge in [0.15, 0.2) is 5.49 Å². The van der Waals surface area contributed by atoms with Gasteiger partial charge in [0.1, 0.15) is 31.3 Å². The van der Waals surface area contributed by atoms with Crippen LogP contribution in [0.1, 0.15) is 44.1 Å². The lowest BCUT2D eigenvalue weighted by atomic mass is 10.1. The van der Waals surface area contributed by atoms with E-state index in [1.54, 1.807) is 48.7 Å². The van der Waals surface area contributed by atoms with Crippen molar-refractivity contribution in [1.29, 1.82) is 5.41 Å². The van der Waals surface area contributed by atoms with Gasteiger partial charge in [0.25, 0.3) is 0 Å². The summed E-state index contributed by atoms with van der Waals surface area (Å²) >= 11 is 0. The highest BCUT2D eigenvalue weighted by molar-refractivity contribution is 7.47. The van der Waals surface area contributed by atoms with Gasteiger partial charge in [0.05, 0.1) is 24.3 Å². The Morgan fingerprint density at radius 2 is 1.92 bits per heavy atom. The fourth-order valence-electron chi connectivity index (χ4n) is 3.70. The van der Waals surface area contributed by atoms with Crippen molar-refractivity contribution in [2.75, 3.05) is 13.7 Å². The van der Waals surface area contributed by atoms with Crippen LogP contribution in [0.5, 0.6) is 0 Å². The minimum Gasteiger partial charge on any atom is -0.463 e. The molecule has 3 heterocycles. The molecule has 12 nitrogen and oxygen atoms in total. The Bertz CT molecular complexity index is 1280. The van der Waals surface area contributed by atoms with Crippen LogP contribution in [-0.2, 0) is 41.2 Å². The number of esters is 1. The molecule has 1 fully saturated rings. The minimum atomic E-state index is -4.34. The molecule has 202 valence electrons. The fourth-order valence-corrected chi connectivity index (χ4v) is 4.36. The Balaban J connectivity index is 0.00000186. The highest BCUT2D eigenvalue weighted by atomic mass is 31.2. The summed E-state index contributed by atoms with van der Waals surface area (Å²) in [6, 6.07) is 12.5. The number of nitrogens with one attached hydrogen (secondary N) is 1. The smallest absolute Gasteiger partial charge is 0.463 e. The molecule has 3 N–H and O–H groups in total. The van der Waals surface area contributed by atoms with Gasteiger partial charge in [-0.25, -0.2) is 9.08 Å². The second kappa shape index (κ2) is 13.1. The third-order valence-corrected chi connectivity index (χ3v) is 6.54. The molecule has 37 heavy (non-hydrogen) atoms. The zero-order valence-corrected chi connectivity index (χ0v) is 21.9. The number of benzene rings is 1. The van der Waals surface area contributed by atoms with E-state index in [1.807, 2.05) is 12.1 Å². The molecule has 0 aliphatic carbocycles. The van der Waals surface area contributed by atoms with Gasteiger partial charge in [0.2, 0.25) is 0 Å². The van der Waals surface area contributed by atoms with E-state index in [0.717, 1.165) is 31.2 Å². The number of ether oxygens (including phenoxy) is 2. The summed E-state index contributed by atoms with van der Waals surface area (Å²) in [5.41, 5.74) is 2.05. The molecule has 0 bridgehead atoms. The second-order valence-electron chi connectivity index (χ2n) is 8.60. The standard InChI is InChI=1S/C23H29N4O7P.CH4O/c1-16(2)23(28)31-13-18-8-11-21(34-18)19-9-10-20-22(24)26(14-25-27(19)20)15-33-35(29,30)32-12-17-6-4-3-5-7-17;1-2/h3-7,9-10,14,16,18,21,24H,8,11-13,15H2,1-2H3,(H,29,30);2H,1H3. The molecule has 13 heteroatoms. The number of aromatic nitrogens is 3. The van der Waals surface area contributed by atoms with Gasteiger partial charge in [0, 0.05) is 7.11 Å². The number of hydrogen-bond donors (Lipinski definition) is 3. The average Bonchev–Trinajstić information content (AvgIpc) is 3.55. The quantitative estimate of drug-likeness (QED) is 0.262. The van der Waals surface area contributed by atoms with E-state index in [-0.39, 0.29) is 49.5 Å². The lowest BCUT2D eigenvalue weighted by molar-refractivity contribution is -0.151. The van der Waals surface area contributed by atoms with E-state index in [0.29, 0.717) is 5.52 Å². The largest absolute Gasteiger partial charge is 0.474 e. The molecule has 3 atom stereocenters. The maximum atomic E-state index is 12.2. The van der Waals surface area contributed by atoms with Crippen LogP contribution in [0.3, 0.4) is 0 Å². The van der Waals surface area contributed by atoms with E-state index in [2.05, 4.69) is 5.10 Å².